The normalized spacial score (nSPS) is 13.2. The first kappa shape index (κ1) is 25.0. The van der Waals surface area contributed by atoms with Gasteiger partial charge in [-0.3, -0.25) is 0 Å². The van der Waals surface area contributed by atoms with Crippen LogP contribution in [0.25, 0.3) is 16.1 Å². The summed E-state index contributed by atoms with van der Waals surface area (Å²) in [6.07, 6.45) is 4.23. The van der Waals surface area contributed by atoms with E-state index in [4.69, 9.17) is 32.8 Å². The Labute approximate surface area is 217 Å². The molecule has 0 amide bonds. The first-order valence-corrected chi connectivity index (χ1v) is 12.3. The number of ether oxygens (including phenoxy) is 1. The number of para-hydroxylation sites is 2. The Balaban J connectivity index is 1.35. The zero-order valence-corrected chi connectivity index (χ0v) is 21.2. The van der Waals surface area contributed by atoms with Crippen molar-refractivity contribution in [3.8, 4) is 5.75 Å². The van der Waals surface area contributed by atoms with Gasteiger partial charge in [0.1, 0.15) is 11.6 Å². The molecule has 0 saturated carbocycles. The van der Waals surface area contributed by atoms with E-state index in [9.17, 15) is 4.39 Å². The van der Waals surface area contributed by atoms with Crippen LogP contribution in [0.15, 0.2) is 78.3 Å². The van der Waals surface area contributed by atoms with Gasteiger partial charge in [-0.05, 0) is 42.6 Å². The van der Waals surface area contributed by atoms with E-state index in [0.29, 0.717) is 46.5 Å². The van der Waals surface area contributed by atoms with Crippen LogP contribution in [-0.2, 0) is 18.2 Å². The Bertz CT molecular complexity index is 1350. The van der Waals surface area contributed by atoms with Gasteiger partial charge in [0, 0.05) is 13.5 Å². The molecule has 35 heavy (non-hydrogen) atoms. The lowest BCUT2D eigenvalue weighted by molar-refractivity contribution is 0.206. The van der Waals surface area contributed by atoms with Crippen molar-refractivity contribution in [1.82, 2.24) is 15.0 Å². The van der Waals surface area contributed by atoms with Crippen LogP contribution in [0.1, 0.15) is 17.8 Å². The van der Waals surface area contributed by atoms with Gasteiger partial charge in [-0.25, -0.2) is 14.9 Å². The summed E-state index contributed by atoms with van der Waals surface area (Å²) in [6, 6.07) is 11.3. The van der Waals surface area contributed by atoms with E-state index in [0.717, 1.165) is 28.8 Å². The van der Waals surface area contributed by atoms with Crippen LogP contribution in [0.4, 0.5) is 10.1 Å². The molecule has 1 aliphatic rings. The second kappa shape index (κ2) is 11.1. The summed E-state index contributed by atoms with van der Waals surface area (Å²) in [4.78, 5) is 10.3. The highest BCUT2D eigenvalue weighted by Gasteiger charge is 2.21. The molecule has 3 aromatic rings. The molecule has 0 saturated heterocycles. The third kappa shape index (κ3) is 5.45. The predicted octanol–water partition coefficient (Wildman–Crippen LogP) is 7.25. The number of nitrogens with zero attached hydrogens (tertiary/aromatic N) is 2. The molecular weight excluding hydrogens is 510 g/mol. The highest BCUT2D eigenvalue weighted by Crippen LogP contribution is 2.43. The maximum atomic E-state index is 15.0. The molecule has 0 fully saturated rings. The number of aryl methyl sites for hydroxylation is 2. The first-order valence-electron chi connectivity index (χ1n) is 10.7. The fraction of sp³-hybridized carbons (Fsp3) is 0.160. The molecule has 1 aromatic heterocycles. The Kier molecular flexibility index (Phi) is 7.95. The standard InChI is InChI=1S/C25H23Cl2FN4O2S/c1-4-21(35-31-19-12-11-16(26)23-17(27)14-29-34-25(19)23)24(28)15(2)33-13-7-10-22-30-18-8-5-6-9-20(18)32(22)3/h4-6,8-9,11-12,14,29,31H,1-2,7,10,13H2,3H3/b24-21-. The molecule has 182 valence electrons. The summed E-state index contributed by atoms with van der Waals surface area (Å²) in [5.74, 6) is 0.667. The van der Waals surface area contributed by atoms with E-state index < -0.39 is 5.83 Å². The number of anilines is 1. The van der Waals surface area contributed by atoms with Crippen molar-refractivity contribution in [2.45, 2.75) is 12.8 Å². The number of rotatable bonds is 10. The van der Waals surface area contributed by atoms with E-state index in [1.54, 1.807) is 12.1 Å². The number of imidazole rings is 1. The second-order valence-electron chi connectivity index (χ2n) is 7.55. The fourth-order valence-electron chi connectivity index (χ4n) is 3.51. The van der Waals surface area contributed by atoms with Gasteiger partial charge >= 0.3 is 0 Å². The summed E-state index contributed by atoms with van der Waals surface area (Å²) in [6.45, 7) is 7.72. The molecule has 1 aliphatic heterocycles. The molecule has 2 aromatic carbocycles. The van der Waals surface area contributed by atoms with Gasteiger partial charge < -0.3 is 18.9 Å². The van der Waals surface area contributed by atoms with Crippen LogP contribution >= 0.6 is 35.1 Å². The van der Waals surface area contributed by atoms with Crippen molar-refractivity contribution in [3.63, 3.8) is 0 Å². The molecule has 0 atom stereocenters. The van der Waals surface area contributed by atoms with Gasteiger partial charge in [0.2, 0.25) is 0 Å². The summed E-state index contributed by atoms with van der Waals surface area (Å²) >= 11 is 13.4. The largest absolute Gasteiger partial charge is 0.491 e. The van der Waals surface area contributed by atoms with Crippen molar-refractivity contribution >= 4 is 56.9 Å². The van der Waals surface area contributed by atoms with Crippen LogP contribution in [0.5, 0.6) is 5.75 Å². The first-order chi connectivity index (χ1) is 16.9. The maximum absolute atomic E-state index is 15.0. The van der Waals surface area contributed by atoms with E-state index >= 15 is 0 Å². The van der Waals surface area contributed by atoms with Gasteiger partial charge in [-0.2, -0.15) is 0 Å². The lowest BCUT2D eigenvalue weighted by Crippen LogP contribution is -2.17. The molecule has 2 heterocycles. The predicted molar refractivity (Wildman–Crippen MR) is 143 cm³/mol. The van der Waals surface area contributed by atoms with Gasteiger partial charge in [0.15, 0.2) is 11.6 Å². The lowest BCUT2D eigenvalue weighted by atomic mass is 10.1. The van der Waals surface area contributed by atoms with Crippen LogP contribution in [-0.4, -0.2) is 16.2 Å². The van der Waals surface area contributed by atoms with Crippen LogP contribution < -0.4 is 15.0 Å². The van der Waals surface area contributed by atoms with E-state index in [2.05, 4.69) is 32.9 Å². The van der Waals surface area contributed by atoms with Gasteiger partial charge in [-0.15, -0.1) is 0 Å². The van der Waals surface area contributed by atoms with E-state index in [-0.39, 0.29) is 10.7 Å². The molecule has 0 radical (unpaired) electrons. The molecule has 10 heteroatoms. The van der Waals surface area contributed by atoms with Crippen LogP contribution in [0.2, 0.25) is 5.02 Å². The van der Waals surface area contributed by atoms with Crippen molar-refractivity contribution in [1.29, 1.82) is 0 Å². The van der Waals surface area contributed by atoms with Gasteiger partial charge in [-0.1, -0.05) is 54.6 Å². The Morgan fingerprint density at radius 3 is 2.89 bits per heavy atom. The molecule has 4 rings (SSSR count). The van der Waals surface area contributed by atoms with Crippen LogP contribution in [0, 0.1) is 0 Å². The molecule has 2 N–H and O–H groups in total. The summed E-state index contributed by atoms with van der Waals surface area (Å²) in [5, 5.41) is 0.834. The number of hydrogen-bond donors (Lipinski definition) is 2. The smallest absolute Gasteiger partial charge is 0.189 e. The maximum Gasteiger partial charge on any atom is 0.189 e. The van der Waals surface area contributed by atoms with Crippen molar-refractivity contribution in [3.05, 3.63) is 94.7 Å². The number of hydroxylamine groups is 1. The second-order valence-corrected chi connectivity index (χ2v) is 9.21. The quantitative estimate of drug-likeness (QED) is 0.124. The topological polar surface area (TPSA) is 60.3 Å². The number of fused-ring (bicyclic) bond motifs is 2. The van der Waals surface area contributed by atoms with E-state index in [1.807, 2.05) is 31.3 Å². The summed E-state index contributed by atoms with van der Waals surface area (Å²) in [5.41, 5.74) is 5.71. The highest BCUT2D eigenvalue weighted by molar-refractivity contribution is 8.04. The summed E-state index contributed by atoms with van der Waals surface area (Å²) in [7, 11) is 1.98. The molecule has 0 bridgehead atoms. The average molecular weight is 533 g/mol. The number of hydrogen-bond acceptors (Lipinski definition) is 6. The molecule has 6 nitrogen and oxygen atoms in total. The highest BCUT2D eigenvalue weighted by atomic mass is 35.5. The molecule has 0 spiro atoms. The average Bonchev–Trinajstić information content (AvgIpc) is 3.18. The number of halogens is 3. The van der Waals surface area contributed by atoms with Gasteiger partial charge in [0.05, 0.1) is 50.1 Å². The van der Waals surface area contributed by atoms with Gasteiger partial charge in [0.25, 0.3) is 0 Å². The van der Waals surface area contributed by atoms with Crippen LogP contribution in [0.3, 0.4) is 0 Å². The molecule has 0 aliphatic carbocycles. The fourth-order valence-corrected chi connectivity index (χ4v) is 4.71. The Morgan fingerprint density at radius 1 is 1.31 bits per heavy atom. The number of nitrogens with one attached hydrogen (secondary N) is 2. The monoisotopic (exact) mass is 532 g/mol. The lowest BCUT2D eigenvalue weighted by Gasteiger charge is -2.20. The number of aromatic nitrogens is 2. The number of allylic oxidation sites excluding steroid dienone is 2. The zero-order valence-electron chi connectivity index (χ0n) is 18.9. The minimum atomic E-state index is -0.611. The third-order valence-electron chi connectivity index (χ3n) is 5.31. The van der Waals surface area contributed by atoms with E-state index in [1.165, 1.54) is 12.3 Å². The third-order valence-corrected chi connectivity index (χ3v) is 6.81. The van der Waals surface area contributed by atoms with Crippen molar-refractivity contribution < 1.29 is 14.0 Å². The zero-order chi connectivity index (χ0) is 24.9. The number of benzene rings is 2. The Hall–Kier alpha value is -3.07. The molecule has 0 unspecified atom stereocenters. The van der Waals surface area contributed by atoms with Crippen molar-refractivity contribution in [2.24, 2.45) is 7.05 Å². The Morgan fingerprint density at radius 2 is 2.11 bits per heavy atom. The van der Waals surface area contributed by atoms with Crippen molar-refractivity contribution in [2.75, 3.05) is 11.3 Å². The minimum Gasteiger partial charge on any atom is -0.491 e. The SMILES string of the molecule is C=C/C(SNc1ccc(Cl)c2c1ONC=C2Cl)=C(/F)C(=C)OCCCc1nc2ccccc2n1C. The minimum absolute atomic E-state index is 0.0683. The summed E-state index contributed by atoms with van der Waals surface area (Å²) < 4.78 is 25.7. The molecular formula is C25H23Cl2FN4O2S.